The number of anilines is 2. The Hall–Kier alpha value is -4.10. The number of esters is 1. The molecule has 8 heteroatoms. The van der Waals surface area contributed by atoms with Crippen LogP contribution in [0.4, 0.5) is 11.4 Å². The van der Waals surface area contributed by atoms with E-state index in [4.69, 9.17) is 21.1 Å². The standard InChI is InChI=1S/C26H21ClN2O5/c1-15-4-13-21(16(2)14-15)34-26(32)17-5-7-18(8-6-17)28-23-22(27)24(30)29(25(23)31)19-9-11-20(33-3)12-10-19/h4-14,28H,1-3H3. The zero-order chi connectivity index (χ0) is 24.4. The number of hydrogen-bond donors (Lipinski definition) is 1. The normalized spacial score (nSPS) is 13.4. The van der Waals surface area contributed by atoms with Crippen LogP contribution in [0.3, 0.4) is 0 Å². The van der Waals surface area contributed by atoms with Gasteiger partial charge in [0.15, 0.2) is 0 Å². The van der Waals surface area contributed by atoms with E-state index in [1.54, 1.807) is 54.6 Å². The van der Waals surface area contributed by atoms with Gasteiger partial charge in [0, 0.05) is 5.69 Å². The molecule has 0 bridgehead atoms. The number of hydrogen-bond acceptors (Lipinski definition) is 6. The average molecular weight is 477 g/mol. The van der Waals surface area contributed by atoms with Crippen molar-refractivity contribution >= 4 is 40.8 Å². The molecule has 0 fully saturated rings. The Labute approximate surface area is 201 Å². The van der Waals surface area contributed by atoms with Crippen LogP contribution in [0.2, 0.25) is 0 Å². The maximum atomic E-state index is 12.9. The smallest absolute Gasteiger partial charge is 0.343 e. The summed E-state index contributed by atoms with van der Waals surface area (Å²) in [4.78, 5) is 39.0. The second-order valence-corrected chi connectivity index (χ2v) is 8.07. The minimum absolute atomic E-state index is 0.0481. The Morgan fingerprint density at radius 2 is 1.59 bits per heavy atom. The lowest BCUT2D eigenvalue weighted by Crippen LogP contribution is -2.32. The van der Waals surface area contributed by atoms with Crippen molar-refractivity contribution in [3.05, 3.63) is 94.1 Å². The Morgan fingerprint density at radius 3 is 2.21 bits per heavy atom. The molecule has 1 aliphatic heterocycles. The number of carbonyl (C=O) groups excluding carboxylic acids is 3. The molecule has 0 atom stereocenters. The van der Waals surface area contributed by atoms with Gasteiger partial charge in [0.1, 0.15) is 22.2 Å². The van der Waals surface area contributed by atoms with Gasteiger partial charge >= 0.3 is 5.97 Å². The van der Waals surface area contributed by atoms with Crippen molar-refractivity contribution in [2.24, 2.45) is 0 Å². The van der Waals surface area contributed by atoms with Crippen LogP contribution in [0.15, 0.2) is 77.5 Å². The molecule has 1 heterocycles. The molecule has 0 saturated carbocycles. The third-order valence-corrected chi connectivity index (χ3v) is 5.63. The van der Waals surface area contributed by atoms with E-state index < -0.39 is 17.8 Å². The largest absolute Gasteiger partial charge is 0.497 e. The summed E-state index contributed by atoms with van der Waals surface area (Å²) in [5.74, 6) is -0.639. The van der Waals surface area contributed by atoms with Gasteiger partial charge in [-0.25, -0.2) is 9.69 Å². The van der Waals surface area contributed by atoms with Crippen LogP contribution in [-0.4, -0.2) is 24.9 Å². The summed E-state index contributed by atoms with van der Waals surface area (Å²) in [5, 5.41) is 2.66. The van der Waals surface area contributed by atoms with Crippen molar-refractivity contribution in [3.63, 3.8) is 0 Å². The van der Waals surface area contributed by atoms with Gasteiger partial charge in [0.05, 0.1) is 18.4 Å². The zero-order valence-electron chi connectivity index (χ0n) is 18.7. The number of ether oxygens (including phenoxy) is 2. The van der Waals surface area contributed by atoms with Gasteiger partial charge < -0.3 is 14.8 Å². The molecular formula is C26H21ClN2O5. The lowest BCUT2D eigenvalue weighted by molar-refractivity contribution is -0.120. The van der Waals surface area contributed by atoms with Crippen LogP contribution in [0.1, 0.15) is 21.5 Å². The number of carbonyl (C=O) groups is 3. The first-order valence-electron chi connectivity index (χ1n) is 10.4. The second kappa shape index (κ2) is 9.41. The van der Waals surface area contributed by atoms with E-state index in [9.17, 15) is 14.4 Å². The van der Waals surface area contributed by atoms with Gasteiger partial charge in [0.2, 0.25) is 0 Å². The van der Waals surface area contributed by atoms with Crippen molar-refractivity contribution in [1.29, 1.82) is 0 Å². The van der Waals surface area contributed by atoms with E-state index in [0.29, 0.717) is 28.4 Å². The van der Waals surface area contributed by atoms with E-state index in [-0.39, 0.29) is 10.7 Å². The number of rotatable bonds is 6. The number of benzene rings is 3. The second-order valence-electron chi connectivity index (χ2n) is 7.69. The first kappa shape index (κ1) is 23.1. The molecule has 172 valence electrons. The molecule has 0 aromatic heterocycles. The minimum Gasteiger partial charge on any atom is -0.497 e. The highest BCUT2D eigenvalue weighted by Crippen LogP contribution is 2.31. The van der Waals surface area contributed by atoms with Gasteiger partial charge in [-0.2, -0.15) is 0 Å². The molecule has 0 saturated heterocycles. The van der Waals surface area contributed by atoms with Gasteiger partial charge in [-0.05, 0) is 74.0 Å². The molecule has 0 radical (unpaired) electrons. The minimum atomic E-state index is -0.631. The monoisotopic (exact) mass is 476 g/mol. The Bertz CT molecular complexity index is 1310. The van der Waals surface area contributed by atoms with Gasteiger partial charge in [-0.15, -0.1) is 0 Å². The number of nitrogens with one attached hydrogen (secondary N) is 1. The van der Waals surface area contributed by atoms with Crippen molar-refractivity contribution < 1.29 is 23.9 Å². The number of imide groups is 1. The fraction of sp³-hybridized carbons (Fsp3) is 0.115. The van der Waals surface area contributed by atoms with Crippen molar-refractivity contribution in [2.75, 3.05) is 17.3 Å². The highest BCUT2D eigenvalue weighted by molar-refractivity contribution is 6.53. The van der Waals surface area contributed by atoms with E-state index in [1.807, 2.05) is 26.0 Å². The highest BCUT2D eigenvalue weighted by atomic mass is 35.5. The molecule has 1 N–H and O–H groups in total. The lowest BCUT2D eigenvalue weighted by atomic mass is 10.1. The molecule has 0 unspecified atom stereocenters. The average Bonchev–Trinajstić information content (AvgIpc) is 3.04. The molecule has 7 nitrogen and oxygen atoms in total. The third-order valence-electron chi connectivity index (χ3n) is 5.28. The fourth-order valence-corrected chi connectivity index (χ4v) is 3.70. The summed E-state index contributed by atoms with van der Waals surface area (Å²) < 4.78 is 10.6. The van der Waals surface area contributed by atoms with Gasteiger partial charge in [-0.1, -0.05) is 29.3 Å². The number of amides is 2. The molecule has 4 rings (SSSR count). The Kier molecular flexibility index (Phi) is 6.38. The summed E-state index contributed by atoms with van der Waals surface area (Å²) in [6.45, 7) is 3.83. The van der Waals surface area contributed by atoms with E-state index in [2.05, 4.69) is 5.32 Å². The van der Waals surface area contributed by atoms with Crippen molar-refractivity contribution in [1.82, 2.24) is 0 Å². The Balaban J connectivity index is 1.47. The molecule has 0 aliphatic carbocycles. The maximum absolute atomic E-state index is 12.9. The molecular weight excluding hydrogens is 456 g/mol. The SMILES string of the molecule is COc1ccc(N2C(=O)C(Cl)=C(Nc3ccc(C(=O)Oc4ccc(C)cc4C)cc3)C2=O)cc1. The summed E-state index contributed by atoms with van der Waals surface area (Å²) in [6.07, 6.45) is 0. The maximum Gasteiger partial charge on any atom is 0.343 e. The molecule has 3 aromatic carbocycles. The zero-order valence-corrected chi connectivity index (χ0v) is 19.5. The molecule has 2 amide bonds. The Morgan fingerprint density at radius 1 is 0.912 bits per heavy atom. The van der Waals surface area contributed by atoms with Gasteiger partial charge in [-0.3, -0.25) is 9.59 Å². The van der Waals surface area contributed by atoms with Crippen molar-refractivity contribution in [3.8, 4) is 11.5 Å². The lowest BCUT2D eigenvalue weighted by Gasteiger charge is -2.15. The summed E-state index contributed by atoms with van der Waals surface area (Å²) in [5.41, 5.74) is 3.07. The number of nitrogens with zero attached hydrogens (tertiary/aromatic N) is 1. The van der Waals surface area contributed by atoms with Crippen LogP contribution >= 0.6 is 11.6 Å². The molecule has 1 aliphatic rings. The first-order chi connectivity index (χ1) is 16.3. The number of aryl methyl sites for hydroxylation is 2. The molecule has 3 aromatic rings. The summed E-state index contributed by atoms with van der Waals surface area (Å²) in [6, 6.07) is 18.4. The highest BCUT2D eigenvalue weighted by Gasteiger charge is 2.39. The molecule has 0 spiro atoms. The van der Waals surface area contributed by atoms with Crippen molar-refractivity contribution in [2.45, 2.75) is 13.8 Å². The van der Waals surface area contributed by atoms with E-state index in [1.165, 1.54) is 7.11 Å². The van der Waals surface area contributed by atoms with Crippen LogP contribution in [0.5, 0.6) is 11.5 Å². The molecule has 34 heavy (non-hydrogen) atoms. The van der Waals surface area contributed by atoms with Crippen LogP contribution < -0.4 is 19.7 Å². The van der Waals surface area contributed by atoms with Crippen LogP contribution in [0, 0.1) is 13.8 Å². The third kappa shape index (κ3) is 4.51. The summed E-state index contributed by atoms with van der Waals surface area (Å²) >= 11 is 6.18. The quantitative estimate of drug-likeness (QED) is 0.307. The first-order valence-corrected chi connectivity index (χ1v) is 10.8. The van der Waals surface area contributed by atoms with E-state index >= 15 is 0 Å². The van der Waals surface area contributed by atoms with Gasteiger partial charge in [0.25, 0.3) is 11.8 Å². The van der Waals surface area contributed by atoms with E-state index in [0.717, 1.165) is 16.0 Å². The number of halogens is 1. The number of methoxy groups -OCH3 is 1. The fourth-order valence-electron chi connectivity index (χ4n) is 3.48. The van der Waals surface area contributed by atoms with Crippen LogP contribution in [-0.2, 0) is 9.59 Å². The summed E-state index contributed by atoms with van der Waals surface area (Å²) in [7, 11) is 1.52. The topological polar surface area (TPSA) is 84.9 Å². The predicted octanol–water partition coefficient (Wildman–Crippen LogP) is 4.97. The van der Waals surface area contributed by atoms with Crippen LogP contribution in [0.25, 0.3) is 0 Å². The predicted molar refractivity (Wildman–Crippen MR) is 129 cm³/mol.